The molecule has 0 aliphatic carbocycles. The van der Waals surface area contributed by atoms with Crippen molar-refractivity contribution in [2.45, 2.75) is 225 Å². The second kappa shape index (κ2) is 29.1. The molecule has 0 aliphatic heterocycles. The second-order valence-corrected chi connectivity index (χ2v) is 13.7. The number of carbonyl (C=O) groups excluding carboxylic acids is 3. The number of ketones is 3. The summed E-state index contributed by atoms with van der Waals surface area (Å²) < 4.78 is 0. The molecule has 0 fully saturated rings. The van der Waals surface area contributed by atoms with Crippen LogP contribution in [0.15, 0.2) is 0 Å². The van der Waals surface area contributed by atoms with E-state index in [1.165, 1.54) is 109 Å². The van der Waals surface area contributed by atoms with Gasteiger partial charge in [0.2, 0.25) is 5.60 Å². The highest BCUT2D eigenvalue weighted by molar-refractivity contribution is 6.16. The minimum absolute atomic E-state index is 0.0968. The van der Waals surface area contributed by atoms with E-state index in [1.807, 2.05) is 0 Å². The minimum Gasteiger partial charge on any atom is -0.393 e. The van der Waals surface area contributed by atoms with Crippen molar-refractivity contribution in [1.29, 1.82) is 0 Å². The maximum atomic E-state index is 13.4. The van der Waals surface area contributed by atoms with Crippen LogP contribution in [0.4, 0.5) is 0 Å². The van der Waals surface area contributed by atoms with Crippen molar-refractivity contribution in [2.24, 2.45) is 0 Å². The fourth-order valence-corrected chi connectivity index (χ4v) is 6.42. The van der Waals surface area contributed by atoms with Gasteiger partial charge in [0.1, 0.15) is 0 Å². The average molecular weight is 639 g/mol. The Morgan fingerprint density at radius 3 is 0.889 bits per heavy atom. The Morgan fingerprint density at radius 1 is 0.378 bits per heavy atom. The smallest absolute Gasteiger partial charge is 0.219 e. The van der Waals surface area contributed by atoms with E-state index < -0.39 is 35.2 Å². The lowest BCUT2D eigenvalue weighted by Crippen LogP contribution is -2.69. The van der Waals surface area contributed by atoms with Gasteiger partial charge in [0, 0.05) is 19.3 Å². The fourth-order valence-electron chi connectivity index (χ4n) is 6.42. The molecule has 0 aromatic carbocycles. The van der Waals surface area contributed by atoms with E-state index in [4.69, 9.17) is 0 Å². The van der Waals surface area contributed by atoms with Gasteiger partial charge in [-0.25, -0.2) is 0 Å². The van der Waals surface area contributed by atoms with E-state index in [9.17, 15) is 29.7 Å². The Balaban J connectivity index is 4.60. The van der Waals surface area contributed by atoms with Gasteiger partial charge in [0.05, 0.1) is 6.61 Å². The molecule has 2 atom stereocenters. The number of aliphatic hydroxyl groups is 3. The first kappa shape index (κ1) is 43.9. The summed E-state index contributed by atoms with van der Waals surface area (Å²) >= 11 is 0. The second-order valence-electron chi connectivity index (χ2n) is 13.7. The van der Waals surface area contributed by atoms with Crippen molar-refractivity contribution in [1.82, 2.24) is 0 Å². The van der Waals surface area contributed by atoms with E-state index in [-0.39, 0.29) is 19.3 Å². The van der Waals surface area contributed by atoms with Crippen LogP contribution in [0.1, 0.15) is 213 Å². The van der Waals surface area contributed by atoms with E-state index in [1.54, 1.807) is 6.92 Å². The number of hydrogen-bond donors (Lipinski definition) is 3. The number of aliphatic hydroxyl groups excluding tert-OH is 1. The lowest BCUT2D eigenvalue weighted by molar-refractivity contribution is -0.194. The van der Waals surface area contributed by atoms with Gasteiger partial charge in [0.15, 0.2) is 23.0 Å². The Labute approximate surface area is 277 Å². The van der Waals surface area contributed by atoms with Crippen LogP contribution in [0, 0.1) is 0 Å². The first-order valence-electron chi connectivity index (χ1n) is 19.4. The molecule has 0 amide bonds. The molecule has 0 aromatic heterocycles. The van der Waals surface area contributed by atoms with Crippen LogP contribution in [0.25, 0.3) is 0 Å². The van der Waals surface area contributed by atoms with Crippen LogP contribution < -0.4 is 0 Å². The van der Waals surface area contributed by atoms with Gasteiger partial charge in [-0.1, -0.05) is 175 Å². The molecule has 0 spiro atoms. The summed E-state index contributed by atoms with van der Waals surface area (Å²) in [5, 5.41) is 32.7. The van der Waals surface area contributed by atoms with E-state index >= 15 is 0 Å². The predicted octanol–water partition coefficient (Wildman–Crippen LogP) is 9.91. The van der Waals surface area contributed by atoms with Crippen LogP contribution in [0.2, 0.25) is 0 Å². The van der Waals surface area contributed by atoms with Gasteiger partial charge >= 0.3 is 0 Å². The van der Waals surface area contributed by atoms with Crippen LogP contribution >= 0.6 is 0 Å². The summed E-state index contributed by atoms with van der Waals surface area (Å²) in [5.74, 6) is -2.54. The lowest BCUT2D eigenvalue weighted by atomic mass is 9.71. The number of rotatable bonds is 35. The zero-order valence-corrected chi connectivity index (χ0v) is 30.0. The maximum absolute atomic E-state index is 13.4. The quantitative estimate of drug-likeness (QED) is 0.0470. The fraction of sp³-hybridized carbons (Fsp3) is 0.923. The molecule has 6 heteroatoms. The Kier molecular flexibility index (Phi) is 28.3. The molecule has 0 aliphatic rings. The molecule has 6 nitrogen and oxygen atoms in total. The molecule has 0 saturated heterocycles. The number of unbranched alkanes of at least 4 members (excludes halogenated alkanes) is 24. The highest BCUT2D eigenvalue weighted by Gasteiger charge is 2.62. The Morgan fingerprint density at radius 2 is 0.644 bits per heavy atom. The SMILES string of the molecule is CCCCCCCCCCCCCCCCCC(=O)C(O)(C(=O)CCCCCCCCCCCCC)C(O)(CO)C(=O)CCC. The zero-order chi connectivity index (χ0) is 33.7. The van der Waals surface area contributed by atoms with Crippen LogP contribution in [0.3, 0.4) is 0 Å². The standard InChI is InChI=1S/C39H74O6/c1-4-7-9-11-13-15-17-18-19-20-22-24-26-28-30-33-37(43)39(45,38(44,34-40)35(41)31-6-3)36(42)32-29-27-25-23-21-16-14-12-10-8-5-2/h40,44-45H,4-34H2,1-3H3. The van der Waals surface area contributed by atoms with Crippen molar-refractivity contribution >= 4 is 17.3 Å². The van der Waals surface area contributed by atoms with Gasteiger partial charge in [-0.2, -0.15) is 0 Å². The molecule has 0 aromatic rings. The molecule has 2 unspecified atom stereocenters. The topological polar surface area (TPSA) is 112 Å². The van der Waals surface area contributed by atoms with Crippen LogP contribution in [-0.2, 0) is 14.4 Å². The Hall–Kier alpha value is -1.11. The number of hydrogen-bond acceptors (Lipinski definition) is 6. The summed E-state index contributed by atoms with van der Waals surface area (Å²) in [4.78, 5) is 39.6. The minimum atomic E-state index is -2.90. The normalized spacial score (nSPS) is 14.3. The molecule has 266 valence electrons. The van der Waals surface area contributed by atoms with Crippen molar-refractivity contribution in [3.63, 3.8) is 0 Å². The Bertz CT molecular complexity index is 737. The van der Waals surface area contributed by atoms with E-state index in [0.29, 0.717) is 19.3 Å². The van der Waals surface area contributed by atoms with Gasteiger partial charge < -0.3 is 15.3 Å². The first-order valence-corrected chi connectivity index (χ1v) is 19.4. The average Bonchev–Trinajstić information content (AvgIpc) is 3.04. The zero-order valence-electron chi connectivity index (χ0n) is 30.0. The van der Waals surface area contributed by atoms with Gasteiger partial charge in [0.25, 0.3) is 0 Å². The van der Waals surface area contributed by atoms with Crippen LogP contribution in [0.5, 0.6) is 0 Å². The molecule has 0 rings (SSSR count). The third-order valence-electron chi connectivity index (χ3n) is 9.59. The van der Waals surface area contributed by atoms with Crippen LogP contribution in [-0.4, -0.2) is 50.5 Å². The molecular weight excluding hydrogens is 564 g/mol. The van der Waals surface area contributed by atoms with Gasteiger partial charge in [-0.3, -0.25) is 14.4 Å². The largest absolute Gasteiger partial charge is 0.393 e. The van der Waals surface area contributed by atoms with E-state index in [2.05, 4.69) is 13.8 Å². The summed E-state index contributed by atoms with van der Waals surface area (Å²) in [6.07, 6.45) is 29.9. The highest BCUT2D eigenvalue weighted by Crippen LogP contribution is 2.31. The molecule has 0 saturated carbocycles. The summed E-state index contributed by atoms with van der Waals surface area (Å²) in [6, 6.07) is 0. The van der Waals surface area contributed by atoms with Crippen molar-refractivity contribution in [2.75, 3.05) is 6.61 Å². The van der Waals surface area contributed by atoms with Gasteiger partial charge in [-0.05, 0) is 19.3 Å². The monoisotopic (exact) mass is 639 g/mol. The first-order chi connectivity index (χ1) is 21.8. The van der Waals surface area contributed by atoms with Crippen molar-refractivity contribution in [3.8, 4) is 0 Å². The summed E-state index contributed by atoms with van der Waals surface area (Å²) in [6.45, 7) is 5.05. The summed E-state index contributed by atoms with van der Waals surface area (Å²) in [5.41, 5.74) is -5.70. The third kappa shape index (κ3) is 18.7. The molecule has 0 radical (unpaired) electrons. The number of carbonyl (C=O) groups is 3. The highest BCUT2D eigenvalue weighted by atomic mass is 16.4. The van der Waals surface area contributed by atoms with Crippen molar-refractivity contribution in [3.05, 3.63) is 0 Å². The van der Waals surface area contributed by atoms with Gasteiger partial charge in [-0.15, -0.1) is 0 Å². The maximum Gasteiger partial charge on any atom is 0.219 e. The number of Topliss-reactive ketones (excluding diaryl/α,β-unsaturated/α-hetero) is 3. The van der Waals surface area contributed by atoms with E-state index in [0.717, 1.165) is 44.9 Å². The molecule has 0 bridgehead atoms. The molecule has 3 N–H and O–H groups in total. The lowest BCUT2D eigenvalue weighted by Gasteiger charge is -2.39. The molecule has 0 heterocycles. The van der Waals surface area contributed by atoms with Crippen molar-refractivity contribution < 1.29 is 29.7 Å². The molecular formula is C39H74O6. The predicted molar refractivity (Wildman–Crippen MR) is 188 cm³/mol. The molecule has 45 heavy (non-hydrogen) atoms. The summed E-state index contributed by atoms with van der Waals surface area (Å²) in [7, 11) is 0. The third-order valence-corrected chi connectivity index (χ3v) is 9.59.